The quantitative estimate of drug-likeness (QED) is 0.353. The van der Waals surface area contributed by atoms with Gasteiger partial charge in [-0.15, -0.1) is 0 Å². The zero-order chi connectivity index (χ0) is 18.1. The average Bonchev–Trinajstić information content (AvgIpc) is 3.08. The molecule has 1 heterocycles. The number of benzene rings is 3. The van der Waals surface area contributed by atoms with Crippen molar-refractivity contribution in [2.24, 2.45) is 0 Å². The number of hydrogen-bond donors (Lipinski definition) is 2. The van der Waals surface area contributed by atoms with E-state index in [1.54, 1.807) is 12.1 Å². The molecule has 0 bridgehead atoms. The average molecular weight is 470 g/mol. The zero-order valence-electron chi connectivity index (χ0n) is 13.6. The molecule has 26 heavy (non-hydrogen) atoms. The molecule has 4 aromatic rings. The molecule has 3 nitrogen and oxygen atoms in total. The van der Waals surface area contributed by atoms with Crippen LogP contribution in [-0.2, 0) is 0 Å². The van der Waals surface area contributed by atoms with Gasteiger partial charge in [-0.3, -0.25) is 0 Å². The molecule has 2 N–H and O–H groups in total. The van der Waals surface area contributed by atoms with Crippen molar-refractivity contribution in [3.8, 4) is 39.7 Å². The molecule has 4 rings (SSSR count). The summed E-state index contributed by atoms with van der Waals surface area (Å²) in [5, 5.41) is 9.79. The monoisotopic (exact) mass is 468 g/mol. The van der Waals surface area contributed by atoms with Crippen LogP contribution in [0.1, 0.15) is 0 Å². The van der Waals surface area contributed by atoms with E-state index < -0.39 is 0 Å². The van der Waals surface area contributed by atoms with Crippen molar-refractivity contribution in [2.45, 2.75) is 0 Å². The molecule has 0 aliphatic heterocycles. The lowest BCUT2D eigenvalue weighted by atomic mass is 10.1. The van der Waals surface area contributed by atoms with Crippen LogP contribution >= 0.6 is 31.9 Å². The number of aromatic amines is 1. The third kappa shape index (κ3) is 3.45. The smallest absolute Gasteiger partial charge is 0.138 e. The number of phenols is 1. The Balaban J connectivity index is 1.90. The number of aromatic nitrogens is 2. The second-order valence-corrected chi connectivity index (χ2v) is 7.70. The van der Waals surface area contributed by atoms with Crippen LogP contribution in [0, 0.1) is 0 Å². The first-order valence-corrected chi connectivity index (χ1v) is 9.60. The molecule has 0 saturated carbocycles. The van der Waals surface area contributed by atoms with Crippen molar-refractivity contribution in [1.82, 2.24) is 9.97 Å². The van der Waals surface area contributed by atoms with Crippen molar-refractivity contribution in [3.63, 3.8) is 0 Å². The van der Waals surface area contributed by atoms with Gasteiger partial charge in [0.1, 0.15) is 11.6 Å². The lowest BCUT2D eigenvalue weighted by Gasteiger charge is -2.04. The molecule has 0 radical (unpaired) electrons. The number of imidazole rings is 1. The Morgan fingerprint density at radius 3 is 1.96 bits per heavy atom. The Hall–Kier alpha value is -2.37. The normalized spacial score (nSPS) is 10.8. The number of aromatic hydroxyl groups is 1. The van der Waals surface area contributed by atoms with E-state index in [1.807, 2.05) is 60.7 Å². The standard InChI is InChI=1S/C21H14Br2N2O/c22-16-8-4-13(5-9-16)19-20(14-6-10-17(23)11-7-14)25-21(24-19)15-2-1-3-18(26)12-15/h1-12,26H,(H,24,25). The topological polar surface area (TPSA) is 48.9 Å². The minimum Gasteiger partial charge on any atom is -0.508 e. The molecule has 0 fully saturated rings. The van der Waals surface area contributed by atoms with E-state index >= 15 is 0 Å². The van der Waals surface area contributed by atoms with Gasteiger partial charge in [0.2, 0.25) is 0 Å². The highest BCUT2D eigenvalue weighted by Crippen LogP contribution is 2.34. The predicted molar refractivity (Wildman–Crippen MR) is 112 cm³/mol. The van der Waals surface area contributed by atoms with Crippen molar-refractivity contribution in [2.75, 3.05) is 0 Å². The molecule has 0 amide bonds. The Labute approximate surface area is 168 Å². The predicted octanol–water partition coefficient (Wildman–Crippen LogP) is 6.64. The van der Waals surface area contributed by atoms with E-state index in [4.69, 9.17) is 4.98 Å². The van der Waals surface area contributed by atoms with Crippen LogP contribution in [0.4, 0.5) is 0 Å². The Morgan fingerprint density at radius 1 is 0.731 bits per heavy atom. The molecule has 3 aromatic carbocycles. The lowest BCUT2D eigenvalue weighted by molar-refractivity contribution is 0.475. The summed E-state index contributed by atoms with van der Waals surface area (Å²) in [5.74, 6) is 0.936. The summed E-state index contributed by atoms with van der Waals surface area (Å²) in [4.78, 5) is 8.25. The van der Waals surface area contributed by atoms with Gasteiger partial charge in [-0.05, 0) is 36.4 Å². The van der Waals surface area contributed by atoms with E-state index in [2.05, 4.69) is 36.8 Å². The highest BCUT2D eigenvalue weighted by atomic mass is 79.9. The van der Waals surface area contributed by atoms with Crippen molar-refractivity contribution < 1.29 is 5.11 Å². The van der Waals surface area contributed by atoms with Crippen LogP contribution < -0.4 is 0 Å². The van der Waals surface area contributed by atoms with E-state index in [0.717, 1.165) is 42.8 Å². The van der Waals surface area contributed by atoms with Gasteiger partial charge in [-0.2, -0.15) is 0 Å². The summed E-state index contributed by atoms with van der Waals surface area (Å²) >= 11 is 6.96. The zero-order valence-corrected chi connectivity index (χ0v) is 16.8. The molecule has 0 saturated heterocycles. The van der Waals surface area contributed by atoms with Crippen molar-refractivity contribution in [1.29, 1.82) is 0 Å². The molecule has 0 aliphatic rings. The summed E-state index contributed by atoms with van der Waals surface area (Å²) in [7, 11) is 0. The van der Waals surface area contributed by atoms with Gasteiger partial charge < -0.3 is 10.1 Å². The Bertz CT molecular complexity index is 991. The molecular formula is C21H14Br2N2O. The van der Waals surface area contributed by atoms with Crippen LogP contribution in [-0.4, -0.2) is 15.1 Å². The van der Waals surface area contributed by atoms with Gasteiger partial charge >= 0.3 is 0 Å². The summed E-state index contributed by atoms with van der Waals surface area (Å²) in [5.41, 5.74) is 4.72. The van der Waals surface area contributed by atoms with Gasteiger partial charge in [0.15, 0.2) is 0 Å². The lowest BCUT2D eigenvalue weighted by Crippen LogP contribution is -1.83. The molecule has 0 unspecified atom stereocenters. The third-order valence-corrected chi connectivity index (χ3v) is 5.13. The Morgan fingerprint density at radius 2 is 1.35 bits per heavy atom. The van der Waals surface area contributed by atoms with E-state index in [1.165, 1.54) is 0 Å². The van der Waals surface area contributed by atoms with Crippen LogP contribution in [0.2, 0.25) is 0 Å². The largest absolute Gasteiger partial charge is 0.508 e. The molecule has 5 heteroatoms. The summed E-state index contributed by atoms with van der Waals surface area (Å²) in [6, 6.07) is 23.3. The highest BCUT2D eigenvalue weighted by Gasteiger charge is 2.15. The molecular weight excluding hydrogens is 456 g/mol. The van der Waals surface area contributed by atoms with Crippen LogP contribution in [0.25, 0.3) is 33.9 Å². The van der Waals surface area contributed by atoms with Crippen molar-refractivity contribution >= 4 is 31.9 Å². The highest BCUT2D eigenvalue weighted by molar-refractivity contribution is 9.10. The fourth-order valence-corrected chi connectivity index (χ4v) is 3.33. The molecule has 1 aromatic heterocycles. The van der Waals surface area contributed by atoms with E-state index in [0.29, 0.717) is 0 Å². The fourth-order valence-electron chi connectivity index (χ4n) is 2.81. The molecule has 128 valence electrons. The summed E-state index contributed by atoms with van der Waals surface area (Å²) < 4.78 is 2.05. The number of hydrogen-bond acceptors (Lipinski definition) is 2. The van der Waals surface area contributed by atoms with Gasteiger partial charge in [-0.25, -0.2) is 4.98 Å². The maximum absolute atomic E-state index is 9.79. The maximum Gasteiger partial charge on any atom is 0.138 e. The number of halogens is 2. The van der Waals surface area contributed by atoms with Gasteiger partial charge in [0, 0.05) is 25.6 Å². The summed E-state index contributed by atoms with van der Waals surface area (Å²) in [6.07, 6.45) is 0. The summed E-state index contributed by atoms with van der Waals surface area (Å²) in [6.45, 7) is 0. The minimum absolute atomic E-state index is 0.217. The van der Waals surface area contributed by atoms with Crippen LogP contribution in [0.3, 0.4) is 0 Å². The Kier molecular flexibility index (Phi) is 4.66. The first kappa shape index (κ1) is 17.1. The number of rotatable bonds is 3. The number of nitrogens with one attached hydrogen (secondary N) is 1. The van der Waals surface area contributed by atoms with Crippen LogP contribution in [0.5, 0.6) is 5.75 Å². The second-order valence-electron chi connectivity index (χ2n) is 5.87. The number of phenolic OH excluding ortho intramolecular Hbond substituents is 1. The number of nitrogens with zero attached hydrogens (tertiary/aromatic N) is 1. The minimum atomic E-state index is 0.217. The van der Waals surface area contributed by atoms with Gasteiger partial charge in [0.25, 0.3) is 0 Å². The third-order valence-electron chi connectivity index (χ3n) is 4.07. The first-order chi connectivity index (χ1) is 12.6. The van der Waals surface area contributed by atoms with Crippen LogP contribution in [0.15, 0.2) is 81.7 Å². The second kappa shape index (κ2) is 7.09. The van der Waals surface area contributed by atoms with E-state index in [-0.39, 0.29) is 5.75 Å². The molecule has 0 atom stereocenters. The molecule has 0 spiro atoms. The van der Waals surface area contributed by atoms with Gasteiger partial charge in [-0.1, -0.05) is 68.3 Å². The van der Waals surface area contributed by atoms with Gasteiger partial charge in [0.05, 0.1) is 11.4 Å². The fraction of sp³-hybridized carbons (Fsp3) is 0. The maximum atomic E-state index is 9.79. The number of H-pyrrole nitrogens is 1. The van der Waals surface area contributed by atoms with E-state index in [9.17, 15) is 5.11 Å². The molecule has 0 aliphatic carbocycles. The SMILES string of the molecule is Oc1cccc(-c2nc(-c3ccc(Br)cc3)c(-c3ccc(Br)cc3)[nH]2)c1. The van der Waals surface area contributed by atoms with Crippen molar-refractivity contribution in [3.05, 3.63) is 81.7 Å². The first-order valence-electron chi connectivity index (χ1n) is 8.01.